The summed E-state index contributed by atoms with van der Waals surface area (Å²) in [4.78, 5) is 4.45. The molecule has 0 radical (unpaired) electrons. The molecule has 0 amide bonds. The van der Waals surface area contributed by atoms with Gasteiger partial charge in [-0.3, -0.25) is 0 Å². The van der Waals surface area contributed by atoms with Crippen molar-refractivity contribution in [2.24, 2.45) is 10.1 Å². The minimum Gasteiger partial charge on any atom is -0.230 e. The first-order chi connectivity index (χ1) is 8.24. The molecule has 0 N–H and O–H groups in total. The Morgan fingerprint density at radius 3 is 2.82 bits per heavy atom. The van der Waals surface area contributed by atoms with Crippen molar-refractivity contribution in [3.63, 3.8) is 0 Å². The third-order valence-corrected chi connectivity index (χ3v) is 3.61. The van der Waals surface area contributed by atoms with Crippen molar-refractivity contribution < 1.29 is 0 Å². The second kappa shape index (κ2) is 4.20. The second-order valence-corrected chi connectivity index (χ2v) is 5.13. The number of benzene rings is 1. The summed E-state index contributed by atoms with van der Waals surface area (Å²) in [6, 6.07) is 7.97. The third kappa shape index (κ3) is 1.98. The molecule has 1 aromatic rings. The molecule has 1 aromatic carbocycles. The van der Waals surface area contributed by atoms with E-state index in [9.17, 15) is 0 Å². The molecule has 86 valence electrons. The van der Waals surface area contributed by atoms with Crippen LogP contribution in [0.25, 0.3) is 0 Å². The van der Waals surface area contributed by atoms with E-state index in [0.717, 1.165) is 15.9 Å². The molecule has 5 heteroatoms. The molecular formula is C12H10ClN3S. The number of amidine groups is 1. The van der Waals surface area contributed by atoms with Gasteiger partial charge in [-0.15, -0.1) is 0 Å². The highest BCUT2D eigenvalue weighted by molar-refractivity contribution is 8.25. The molecular weight excluding hydrogens is 254 g/mol. The Balaban J connectivity index is 2.00. The standard InChI is InChI=1S/C12H10ClN3S/c1-8-6-11(9-2-4-10(13)5-3-9)16-12(15-8)17-7-14-16/h2-7,11H,1H3. The lowest BCUT2D eigenvalue weighted by Crippen LogP contribution is -2.26. The van der Waals surface area contributed by atoms with Crippen LogP contribution in [0.3, 0.4) is 0 Å². The molecule has 1 atom stereocenters. The quantitative estimate of drug-likeness (QED) is 0.774. The summed E-state index contributed by atoms with van der Waals surface area (Å²) in [7, 11) is 0. The Hall–Kier alpha value is -1.26. The fourth-order valence-electron chi connectivity index (χ4n) is 1.88. The van der Waals surface area contributed by atoms with Crippen molar-refractivity contribution in [2.75, 3.05) is 0 Å². The minimum atomic E-state index is 0.117. The van der Waals surface area contributed by atoms with E-state index in [1.54, 1.807) is 11.8 Å². The van der Waals surface area contributed by atoms with Gasteiger partial charge in [-0.1, -0.05) is 23.7 Å². The van der Waals surface area contributed by atoms with Gasteiger partial charge in [0.25, 0.3) is 0 Å². The van der Waals surface area contributed by atoms with Gasteiger partial charge in [0.05, 0.1) is 11.6 Å². The number of fused-ring (bicyclic) bond motifs is 1. The van der Waals surface area contributed by atoms with Crippen LogP contribution < -0.4 is 0 Å². The van der Waals surface area contributed by atoms with E-state index in [4.69, 9.17) is 11.6 Å². The van der Waals surface area contributed by atoms with Crippen molar-refractivity contribution in [2.45, 2.75) is 13.0 Å². The average molecular weight is 264 g/mol. The highest BCUT2D eigenvalue weighted by atomic mass is 35.5. The molecule has 0 saturated heterocycles. The van der Waals surface area contributed by atoms with E-state index in [1.165, 1.54) is 5.56 Å². The maximum atomic E-state index is 5.90. The van der Waals surface area contributed by atoms with Crippen molar-refractivity contribution in [1.29, 1.82) is 0 Å². The zero-order chi connectivity index (χ0) is 11.8. The van der Waals surface area contributed by atoms with E-state index >= 15 is 0 Å². The van der Waals surface area contributed by atoms with Crippen LogP contribution in [0.15, 0.2) is 46.1 Å². The van der Waals surface area contributed by atoms with E-state index in [-0.39, 0.29) is 6.04 Å². The summed E-state index contributed by atoms with van der Waals surface area (Å²) >= 11 is 7.45. The lowest BCUT2D eigenvalue weighted by Gasteiger charge is -2.27. The lowest BCUT2D eigenvalue weighted by molar-refractivity contribution is 0.391. The first kappa shape index (κ1) is 10.9. The van der Waals surface area contributed by atoms with Crippen LogP contribution in [0.4, 0.5) is 0 Å². The number of aliphatic imine (C=N–C) groups is 1. The molecule has 2 aliphatic rings. The Morgan fingerprint density at radius 1 is 1.29 bits per heavy atom. The molecule has 17 heavy (non-hydrogen) atoms. The molecule has 0 spiro atoms. The average Bonchev–Trinajstić information content (AvgIpc) is 2.77. The number of thioether (sulfide) groups is 1. The second-order valence-electron chi connectivity index (χ2n) is 3.88. The van der Waals surface area contributed by atoms with Gasteiger partial charge in [0, 0.05) is 10.7 Å². The van der Waals surface area contributed by atoms with Gasteiger partial charge in [-0.05, 0) is 42.5 Å². The number of hydrogen-bond donors (Lipinski definition) is 0. The minimum absolute atomic E-state index is 0.117. The van der Waals surface area contributed by atoms with Gasteiger partial charge < -0.3 is 0 Å². The molecule has 0 aliphatic carbocycles. The molecule has 0 fully saturated rings. The lowest BCUT2D eigenvalue weighted by atomic mass is 10.1. The number of halogens is 1. The van der Waals surface area contributed by atoms with Gasteiger partial charge in [-0.2, -0.15) is 5.10 Å². The topological polar surface area (TPSA) is 28.0 Å². The van der Waals surface area contributed by atoms with Crippen LogP contribution in [-0.2, 0) is 0 Å². The number of hydrogen-bond acceptors (Lipinski definition) is 4. The van der Waals surface area contributed by atoms with Crippen LogP contribution >= 0.6 is 23.4 Å². The predicted octanol–water partition coefficient (Wildman–Crippen LogP) is 3.65. The first-order valence-corrected chi connectivity index (χ1v) is 6.51. The van der Waals surface area contributed by atoms with Crippen molar-refractivity contribution >= 4 is 34.1 Å². The van der Waals surface area contributed by atoms with Crippen LogP contribution in [0.5, 0.6) is 0 Å². The Bertz CT molecular complexity index is 533. The zero-order valence-electron chi connectivity index (χ0n) is 9.17. The number of rotatable bonds is 1. The van der Waals surface area contributed by atoms with Crippen LogP contribution in [-0.4, -0.2) is 15.7 Å². The van der Waals surface area contributed by atoms with E-state index < -0.39 is 0 Å². The zero-order valence-corrected chi connectivity index (χ0v) is 10.7. The van der Waals surface area contributed by atoms with Crippen molar-refractivity contribution in [1.82, 2.24) is 5.01 Å². The third-order valence-electron chi connectivity index (χ3n) is 2.67. The Morgan fingerprint density at radius 2 is 2.06 bits per heavy atom. The number of hydrazone groups is 1. The number of allylic oxidation sites excluding steroid dienone is 1. The van der Waals surface area contributed by atoms with E-state index in [2.05, 4.69) is 16.2 Å². The molecule has 0 aromatic heterocycles. The smallest absolute Gasteiger partial charge is 0.191 e. The summed E-state index contributed by atoms with van der Waals surface area (Å²) in [6.45, 7) is 2.01. The van der Waals surface area contributed by atoms with Crippen molar-refractivity contribution in [3.8, 4) is 0 Å². The molecule has 3 nitrogen and oxygen atoms in total. The largest absolute Gasteiger partial charge is 0.230 e. The normalized spacial score (nSPS) is 22.2. The maximum Gasteiger partial charge on any atom is 0.191 e. The summed E-state index contributed by atoms with van der Waals surface area (Å²) in [5, 5.41) is 7.95. The molecule has 0 saturated carbocycles. The van der Waals surface area contributed by atoms with Gasteiger partial charge in [0.1, 0.15) is 0 Å². The SMILES string of the molecule is CC1=CC(c2ccc(Cl)cc2)N2N=CSC2=N1. The monoisotopic (exact) mass is 263 g/mol. The highest BCUT2D eigenvalue weighted by Gasteiger charge is 2.28. The maximum absolute atomic E-state index is 5.90. The van der Waals surface area contributed by atoms with E-state index in [1.807, 2.05) is 41.7 Å². The Labute approximate surface area is 109 Å². The fourth-order valence-corrected chi connectivity index (χ4v) is 2.71. The molecule has 2 aliphatic heterocycles. The summed E-state index contributed by atoms with van der Waals surface area (Å²) < 4.78 is 0. The first-order valence-electron chi connectivity index (χ1n) is 5.25. The van der Waals surface area contributed by atoms with E-state index in [0.29, 0.717) is 0 Å². The number of nitrogens with zero attached hydrogens (tertiary/aromatic N) is 3. The molecule has 0 bridgehead atoms. The summed E-state index contributed by atoms with van der Waals surface area (Å²) in [5.74, 6) is 0. The fraction of sp³-hybridized carbons (Fsp3) is 0.167. The molecule has 3 rings (SSSR count). The van der Waals surface area contributed by atoms with Gasteiger partial charge >= 0.3 is 0 Å². The van der Waals surface area contributed by atoms with Crippen LogP contribution in [0.1, 0.15) is 18.5 Å². The Kier molecular flexibility index (Phi) is 2.68. The van der Waals surface area contributed by atoms with Gasteiger partial charge in [0.15, 0.2) is 5.17 Å². The van der Waals surface area contributed by atoms with Gasteiger partial charge in [0.2, 0.25) is 0 Å². The molecule has 1 unspecified atom stereocenters. The predicted molar refractivity (Wildman–Crippen MR) is 73.3 cm³/mol. The summed E-state index contributed by atoms with van der Waals surface area (Å²) in [6.07, 6.45) is 2.11. The summed E-state index contributed by atoms with van der Waals surface area (Å²) in [5.41, 5.74) is 4.00. The molecule has 2 heterocycles. The van der Waals surface area contributed by atoms with Crippen molar-refractivity contribution in [3.05, 3.63) is 46.6 Å². The van der Waals surface area contributed by atoms with Gasteiger partial charge in [-0.25, -0.2) is 10.0 Å². The van der Waals surface area contributed by atoms with Crippen LogP contribution in [0, 0.1) is 0 Å². The highest BCUT2D eigenvalue weighted by Crippen LogP contribution is 2.34. The van der Waals surface area contributed by atoms with Crippen LogP contribution in [0.2, 0.25) is 5.02 Å².